The molecule has 0 aromatic carbocycles. The maximum atomic E-state index is 12.7. The number of carbonyl (C=O) groups is 2. The summed E-state index contributed by atoms with van der Waals surface area (Å²) in [6.45, 7) is -0.234. The average Bonchev–Trinajstić information content (AvgIpc) is 2.89. The van der Waals surface area contributed by atoms with Crippen molar-refractivity contribution in [1.82, 2.24) is 20.1 Å². The van der Waals surface area contributed by atoms with Gasteiger partial charge in [-0.1, -0.05) is 0 Å². The summed E-state index contributed by atoms with van der Waals surface area (Å²) in [4.78, 5) is 41.8. The van der Waals surface area contributed by atoms with Crippen molar-refractivity contribution in [2.24, 2.45) is 0 Å². The number of amides is 4. The van der Waals surface area contributed by atoms with E-state index in [4.69, 9.17) is 28.7 Å². The van der Waals surface area contributed by atoms with Crippen molar-refractivity contribution in [3.8, 4) is 0 Å². The highest BCUT2D eigenvalue weighted by Crippen LogP contribution is 2.52. The van der Waals surface area contributed by atoms with Crippen LogP contribution in [0.15, 0.2) is 0 Å². The molecule has 12 nitrogen and oxygen atoms in total. The molecule has 2 fully saturated rings. The highest BCUT2D eigenvalue weighted by molar-refractivity contribution is 5.85. The minimum atomic E-state index is -1.94. The molecule has 132 valence electrons. The van der Waals surface area contributed by atoms with Crippen molar-refractivity contribution < 1.29 is 38.3 Å². The van der Waals surface area contributed by atoms with Crippen molar-refractivity contribution in [2.75, 3.05) is 49.4 Å². The summed E-state index contributed by atoms with van der Waals surface area (Å²) in [5.41, 5.74) is 0. The van der Waals surface area contributed by atoms with E-state index in [-0.39, 0.29) is 6.73 Å². The van der Waals surface area contributed by atoms with E-state index in [0.29, 0.717) is 0 Å². The lowest BCUT2D eigenvalue weighted by Gasteiger charge is -2.43. The monoisotopic (exact) mass is 336 g/mol. The molecular formula is C11H20N4O8. The smallest absolute Gasteiger partial charge is 0.364 e. The molecule has 2 saturated heterocycles. The zero-order valence-corrected chi connectivity index (χ0v) is 13.8. The Hall–Kier alpha value is -1.70. The fraction of sp³-hybridized carbons (Fsp3) is 0.818. The number of hydroxylamine groups is 6. The van der Waals surface area contributed by atoms with Gasteiger partial charge in [0, 0.05) is 21.3 Å². The third kappa shape index (κ3) is 1.75. The van der Waals surface area contributed by atoms with Crippen LogP contribution in [0.3, 0.4) is 0 Å². The zero-order valence-electron chi connectivity index (χ0n) is 13.8. The molecule has 2 aliphatic heterocycles. The third-order valence-corrected chi connectivity index (χ3v) is 3.74. The number of carbonyl (C=O) groups excluding carboxylic acids is 2. The lowest BCUT2D eigenvalue weighted by atomic mass is 10.2. The quantitative estimate of drug-likeness (QED) is 0.604. The van der Waals surface area contributed by atoms with Gasteiger partial charge in [0.25, 0.3) is 0 Å². The van der Waals surface area contributed by atoms with Gasteiger partial charge in [-0.05, 0) is 0 Å². The van der Waals surface area contributed by atoms with E-state index in [9.17, 15) is 9.59 Å². The van der Waals surface area contributed by atoms with Crippen LogP contribution in [0.25, 0.3) is 0 Å². The zero-order chi connectivity index (χ0) is 17.4. The van der Waals surface area contributed by atoms with E-state index < -0.39 is 23.8 Å². The Labute approximate surface area is 132 Å². The number of fused-ring (bicyclic) bond motifs is 1. The van der Waals surface area contributed by atoms with Crippen LogP contribution in [-0.4, -0.2) is 93.2 Å². The molecule has 2 atom stereocenters. The molecule has 0 aromatic heterocycles. The van der Waals surface area contributed by atoms with E-state index in [1.807, 2.05) is 0 Å². The molecular weight excluding hydrogens is 316 g/mol. The molecule has 12 heteroatoms. The second-order valence-electron chi connectivity index (χ2n) is 4.47. The number of rotatable bonds is 7. The van der Waals surface area contributed by atoms with E-state index in [0.717, 1.165) is 20.1 Å². The van der Waals surface area contributed by atoms with Gasteiger partial charge in [-0.3, -0.25) is 14.5 Å². The van der Waals surface area contributed by atoms with Crippen LogP contribution in [0.4, 0.5) is 9.59 Å². The predicted molar refractivity (Wildman–Crippen MR) is 70.5 cm³/mol. The average molecular weight is 336 g/mol. The molecule has 4 amide bonds. The van der Waals surface area contributed by atoms with Crippen LogP contribution in [0, 0.1) is 0 Å². The van der Waals surface area contributed by atoms with Crippen molar-refractivity contribution in [3.63, 3.8) is 0 Å². The van der Waals surface area contributed by atoms with Gasteiger partial charge in [0.2, 0.25) is 0 Å². The second kappa shape index (κ2) is 6.07. The van der Waals surface area contributed by atoms with E-state index in [1.165, 1.54) is 42.7 Å². The normalized spacial score (nSPS) is 30.7. The maximum Gasteiger partial charge on any atom is 0.377 e. The number of methoxy groups -OCH3 is 3. The van der Waals surface area contributed by atoms with Crippen molar-refractivity contribution >= 4 is 12.1 Å². The fourth-order valence-electron chi connectivity index (χ4n) is 2.98. The van der Waals surface area contributed by atoms with Crippen LogP contribution >= 0.6 is 0 Å². The maximum absolute atomic E-state index is 12.7. The summed E-state index contributed by atoms with van der Waals surface area (Å²) in [5.74, 6) is -3.82. The molecule has 2 heterocycles. The van der Waals surface area contributed by atoms with Gasteiger partial charge in [0.05, 0.1) is 21.3 Å². The molecule has 0 N–H and O–H groups in total. The van der Waals surface area contributed by atoms with Gasteiger partial charge in [-0.2, -0.15) is 0 Å². The molecule has 0 bridgehead atoms. The van der Waals surface area contributed by atoms with Gasteiger partial charge < -0.3 is 14.2 Å². The Kier molecular flexibility index (Phi) is 4.66. The molecule has 2 rings (SSSR count). The van der Waals surface area contributed by atoms with Gasteiger partial charge >= 0.3 is 23.8 Å². The lowest BCUT2D eigenvalue weighted by Crippen LogP contribution is -2.70. The van der Waals surface area contributed by atoms with E-state index in [1.54, 1.807) is 0 Å². The highest BCUT2D eigenvalue weighted by Gasteiger charge is 2.84. The summed E-state index contributed by atoms with van der Waals surface area (Å²) >= 11 is 0. The van der Waals surface area contributed by atoms with Crippen LogP contribution in [0.2, 0.25) is 0 Å². The van der Waals surface area contributed by atoms with E-state index >= 15 is 0 Å². The first-order valence-electron chi connectivity index (χ1n) is 6.46. The number of nitrogens with zero attached hydrogens (tertiary/aromatic N) is 4. The molecule has 0 radical (unpaired) electrons. The summed E-state index contributed by atoms with van der Waals surface area (Å²) in [6.07, 6.45) is 0. The Morgan fingerprint density at radius 2 is 1.17 bits per heavy atom. The van der Waals surface area contributed by atoms with Crippen LogP contribution in [0.5, 0.6) is 0 Å². The molecule has 2 unspecified atom stereocenters. The number of urea groups is 2. The van der Waals surface area contributed by atoms with Crippen molar-refractivity contribution in [3.05, 3.63) is 0 Å². The molecule has 0 saturated carbocycles. The van der Waals surface area contributed by atoms with Crippen LogP contribution in [-0.2, 0) is 28.7 Å². The first-order valence-corrected chi connectivity index (χ1v) is 6.46. The van der Waals surface area contributed by atoms with Gasteiger partial charge in [0.1, 0.15) is 6.73 Å². The molecule has 0 aliphatic carbocycles. The summed E-state index contributed by atoms with van der Waals surface area (Å²) in [7, 11) is 7.63. The topological polar surface area (TPSA) is 102 Å². The Balaban J connectivity index is 2.77. The largest absolute Gasteiger partial charge is 0.377 e. The molecule has 23 heavy (non-hydrogen) atoms. The van der Waals surface area contributed by atoms with E-state index in [2.05, 4.69) is 0 Å². The number of ether oxygens (including phenoxy) is 3. The molecule has 0 spiro atoms. The van der Waals surface area contributed by atoms with Gasteiger partial charge in [0.15, 0.2) is 0 Å². The van der Waals surface area contributed by atoms with Gasteiger partial charge in [-0.15, -0.1) is 15.2 Å². The van der Waals surface area contributed by atoms with Crippen molar-refractivity contribution in [1.29, 1.82) is 0 Å². The Morgan fingerprint density at radius 1 is 0.739 bits per heavy atom. The standard InChI is InChI=1S/C11H20N4O8/c1-18-7-12-8(16)13(21-4)11(20-3)10(12,19-2)14(22-5)9(17)15(11)23-6/h7H2,1-6H3. The summed E-state index contributed by atoms with van der Waals surface area (Å²) < 4.78 is 16.1. The first kappa shape index (κ1) is 17.7. The Morgan fingerprint density at radius 3 is 1.57 bits per heavy atom. The Bertz CT molecular complexity index is 491. The second-order valence-corrected chi connectivity index (χ2v) is 4.47. The minimum absolute atomic E-state index is 0.234. The minimum Gasteiger partial charge on any atom is -0.364 e. The fourth-order valence-corrected chi connectivity index (χ4v) is 2.98. The molecule has 0 aromatic rings. The summed E-state index contributed by atoms with van der Waals surface area (Å²) in [5, 5.41) is 2.38. The van der Waals surface area contributed by atoms with Gasteiger partial charge in [-0.25, -0.2) is 14.5 Å². The number of hydrogen-bond donors (Lipinski definition) is 0. The van der Waals surface area contributed by atoms with Crippen LogP contribution in [0.1, 0.15) is 0 Å². The third-order valence-electron chi connectivity index (χ3n) is 3.74. The first-order chi connectivity index (χ1) is 11.0. The SMILES string of the molecule is COCN1C(=O)N(OC)C2(OC)N(OC)C(=O)N(OC)C12OC. The summed E-state index contributed by atoms with van der Waals surface area (Å²) in [6, 6.07) is -1.45. The number of hydrogen-bond acceptors (Lipinski definition) is 8. The predicted octanol–water partition coefficient (Wildman–Crippen LogP) is -0.650. The lowest BCUT2D eigenvalue weighted by molar-refractivity contribution is -0.428. The highest BCUT2D eigenvalue weighted by atomic mass is 16.8. The van der Waals surface area contributed by atoms with Crippen molar-refractivity contribution in [2.45, 2.75) is 11.7 Å². The molecule has 2 aliphatic rings. The van der Waals surface area contributed by atoms with Crippen LogP contribution < -0.4 is 0 Å².